The van der Waals surface area contributed by atoms with Gasteiger partial charge in [-0.05, 0) is 106 Å². The van der Waals surface area contributed by atoms with Gasteiger partial charge < -0.3 is 0 Å². The smallest absolute Gasteiger partial charge is 0.151 e. The molecule has 2 aliphatic carbocycles. The van der Waals surface area contributed by atoms with Crippen LogP contribution in [0.1, 0.15) is 79.8 Å². The van der Waals surface area contributed by atoms with Gasteiger partial charge >= 0.3 is 0 Å². The van der Waals surface area contributed by atoms with Crippen molar-refractivity contribution in [1.29, 1.82) is 0 Å². The van der Waals surface area contributed by atoms with E-state index in [1.807, 2.05) is 18.2 Å². The SMILES string of the molecule is C=Cc1ccc(CCC2(c3ncccc3F)CCC2)nn1.Fc1cccnc1C1(CCc2ccc(Cl)nn2)CCC1. The number of aromatic nitrogens is 6. The highest BCUT2D eigenvalue weighted by Gasteiger charge is 2.42. The number of pyridine rings is 2. The van der Waals surface area contributed by atoms with E-state index >= 15 is 0 Å². The predicted molar refractivity (Wildman–Crippen MR) is 155 cm³/mol. The lowest BCUT2D eigenvalue weighted by molar-refractivity contribution is 0.210. The van der Waals surface area contributed by atoms with Crippen LogP contribution in [0.25, 0.3) is 6.08 Å². The van der Waals surface area contributed by atoms with Crippen LogP contribution in [0.2, 0.25) is 5.15 Å². The molecule has 4 aromatic rings. The van der Waals surface area contributed by atoms with E-state index in [4.69, 9.17) is 11.6 Å². The summed E-state index contributed by atoms with van der Waals surface area (Å²) in [5.74, 6) is -0.389. The molecular formula is C32H33ClF2N6. The van der Waals surface area contributed by atoms with Gasteiger partial charge in [0.1, 0.15) is 11.6 Å². The third-order valence-electron chi connectivity index (χ3n) is 8.50. The van der Waals surface area contributed by atoms with Crippen molar-refractivity contribution < 1.29 is 8.78 Å². The summed E-state index contributed by atoms with van der Waals surface area (Å²) >= 11 is 5.72. The summed E-state index contributed by atoms with van der Waals surface area (Å²) in [6.07, 6.45) is 14.5. The number of hydrogen-bond donors (Lipinski definition) is 0. The molecule has 0 aliphatic heterocycles. The molecule has 0 aromatic carbocycles. The standard InChI is InChI=1S/C17H18FN3.C15H15ClFN3/c1-2-13-6-7-14(21-20-13)8-11-17(9-4-10-17)16-15(18)5-3-12-19-16;16-13-5-4-11(19-20-13)6-9-15(7-2-8-15)14-12(17)3-1-10-18-14/h2-3,5-7,12H,1,4,8-11H2;1,3-5,10H,2,6-9H2. The van der Waals surface area contributed by atoms with Crippen molar-refractivity contribution >= 4 is 17.7 Å². The van der Waals surface area contributed by atoms with Gasteiger partial charge in [-0.25, -0.2) is 8.78 Å². The molecule has 0 atom stereocenters. The molecular weight excluding hydrogens is 542 g/mol. The Balaban J connectivity index is 0.000000165. The van der Waals surface area contributed by atoms with Crippen LogP contribution in [0, 0.1) is 11.6 Å². The van der Waals surface area contributed by atoms with Gasteiger partial charge in [-0.1, -0.05) is 31.0 Å². The maximum Gasteiger partial charge on any atom is 0.151 e. The number of nitrogens with zero attached hydrogens (tertiary/aromatic N) is 6. The minimum Gasteiger partial charge on any atom is -0.258 e. The number of halogens is 3. The van der Waals surface area contributed by atoms with Crippen molar-refractivity contribution in [2.24, 2.45) is 0 Å². The molecule has 0 radical (unpaired) electrons. The summed E-state index contributed by atoms with van der Waals surface area (Å²) in [6.45, 7) is 3.67. The van der Waals surface area contributed by atoms with Crippen LogP contribution in [0.5, 0.6) is 0 Å². The fourth-order valence-corrected chi connectivity index (χ4v) is 5.89. The quantitative estimate of drug-likeness (QED) is 0.207. The van der Waals surface area contributed by atoms with Gasteiger partial charge in [-0.3, -0.25) is 9.97 Å². The van der Waals surface area contributed by atoms with E-state index in [9.17, 15) is 8.78 Å². The molecule has 0 N–H and O–H groups in total. The lowest BCUT2D eigenvalue weighted by Gasteiger charge is -2.41. The maximum atomic E-state index is 14.0. The van der Waals surface area contributed by atoms with Crippen LogP contribution in [-0.4, -0.2) is 30.4 Å². The minimum atomic E-state index is -0.200. The molecule has 0 saturated heterocycles. The fourth-order valence-electron chi connectivity index (χ4n) is 5.79. The third-order valence-corrected chi connectivity index (χ3v) is 8.70. The van der Waals surface area contributed by atoms with Crippen molar-refractivity contribution in [3.05, 3.63) is 113 Å². The fraction of sp³-hybridized carbons (Fsp3) is 0.375. The normalized spacial score (nSPS) is 16.5. The molecule has 4 heterocycles. The molecule has 2 aliphatic rings. The van der Waals surface area contributed by atoms with E-state index in [0.29, 0.717) is 16.5 Å². The Bertz CT molecular complexity index is 1450. The van der Waals surface area contributed by atoms with Crippen LogP contribution < -0.4 is 0 Å². The van der Waals surface area contributed by atoms with E-state index in [-0.39, 0.29) is 22.5 Å². The van der Waals surface area contributed by atoms with Gasteiger partial charge in [0, 0.05) is 23.2 Å². The van der Waals surface area contributed by atoms with Crippen LogP contribution in [0.3, 0.4) is 0 Å². The van der Waals surface area contributed by atoms with E-state index in [2.05, 4.69) is 36.9 Å². The maximum absolute atomic E-state index is 14.0. The topological polar surface area (TPSA) is 77.3 Å². The second kappa shape index (κ2) is 12.9. The van der Waals surface area contributed by atoms with Crippen molar-refractivity contribution in [2.45, 2.75) is 75.0 Å². The molecule has 0 unspecified atom stereocenters. The number of rotatable bonds is 9. The Morgan fingerprint density at radius 3 is 1.59 bits per heavy atom. The molecule has 0 amide bonds. The van der Waals surface area contributed by atoms with Gasteiger partial charge in [-0.15, -0.1) is 5.10 Å². The molecule has 0 bridgehead atoms. The Morgan fingerprint density at radius 2 is 1.22 bits per heavy atom. The van der Waals surface area contributed by atoms with Crippen LogP contribution in [0.15, 0.2) is 67.5 Å². The molecule has 212 valence electrons. The highest BCUT2D eigenvalue weighted by molar-refractivity contribution is 6.29. The van der Waals surface area contributed by atoms with Gasteiger partial charge in [0.25, 0.3) is 0 Å². The number of hydrogen-bond acceptors (Lipinski definition) is 6. The van der Waals surface area contributed by atoms with Crippen molar-refractivity contribution in [3.8, 4) is 0 Å². The molecule has 0 spiro atoms. The summed E-state index contributed by atoms with van der Waals surface area (Å²) in [6, 6.07) is 13.7. The van der Waals surface area contributed by atoms with Crippen molar-refractivity contribution in [1.82, 2.24) is 30.4 Å². The first-order valence-corrected chi connectivity index (χ1v) is 14.5. The van der Waals surface area contributed by atoms with E-state index in [0.717, 1.165) is 81.3 Å². The highest BCUT2D eigenvalue weighted by Crippen LogP contribution is 2.48. The van der Waals surface area contributed by atoms with Crippen LogP contribution in [-0.2, 0) is 23.7 Å². The summed E-state index contributed by atoms with van der Waals surface area (Å²) in [7, 11) is 0. The average molecular weight is 575 g/mol. The van der Waals surface area contributed by atoms with Gasteiger partial charge in [0.15, 0.2) is 5.15 Å². The van der Waals surface area contributed by atoms with Gasteiger partial charge in [0.2, 0.25) is 0 Å². The lowest BCUT2D eigenvalue weighted by atomic mass is 9.63. The molecule has 2 saturated carbocycles. The molecule has 4 aromatic heterocycles. The van der Waals surface area contributed by atoms with E-state index in [1.54, 1.807) is 36.7 Å². The Kier molecular flexibility index (Phi) is 9.08. The second-order valence-corrected chi connectivity index (χ2v) is 11.3. The van der Waals surface area contributed by atoms with E-state index < -0.39 is 0 Å². The van der Waals surface area contributed by atoms with Crippen LogP contribution >= 0.6 is 11.6 Å². The molecule has 6 nitrogen and oxygen atoms in total. The highest BCUT2D eigenvalue weighted by atomic mass is 35.5. The van der Waals surface area contributed by atoms with E-state index in [1.165, 1.54) is 12.1 Å². The zero-order chi connectivity index (χ0) is 28.7. The van der Waals surface area contributed by atoms with Gasteiger partial charge in [-0.2, -0.15) is 15.3 Å². The zero-order valence-electron chi connectivity index (χ0n) is 22.9. The Labute approximate surface area is 244 Å². The van der Waals surface area contributed by atoms with Crippen LogP contribution in [0.4, 0.5) is 8.78 Å². The molecule has 6 rings (SSSR count). The lowest BCUT2D eigenvalue weighted by Crippen LogP contribution is -2.36. The Hall–Kier alpha value is -3.65. The first-order chi connectivity index (χ1) is 19.9. The average Bonchev–Trinajstić information content (AvgIpc) is 2.95. The second-order valence-electron chi connectivity index (χ2n) is 10.9. The zero-order valence-corrected chi connectivity index (χ0v) is 23.7. The predicted octanol–water partition coefficient (Wildman–Crippen LogP) is 7.43. The van der Waals surface area contributed by atoms with Gasteiger partial charge in [0.05, 0.1) is 28.5 Å². The van der Waals surface area contributed by atoms with Crippen molar-refractivity contribution in [2.75, 3.05) is 0 Å². The summed E-state index contributed by atoms with van der Waals surface area (Å²) < 4.78 is 28.0. The summed E-state index contributed by atoms with van der Waals surface area (Å²) in [5, 5.41) is 16.6. The monoisotopic (exact) mass is 574 g/mol. The Morgan fingerprint density at radius 1 is 0.707 bits per heavy atom. The first-order valence-electron chi connectivity index (χ1n) is 14.1. The molecule has 9 heteroatoms. The first kappa shape index (κ1) is 28.9. The molecule has 2 fully saturated rings. The third kappa shape index (κ3) is 6.64. The minimum absolute atomic E-state index is 0.121. The summed E-state index contributed by atoms with van der Waals surface area (Å²) in [5.41, 5.74) is 3.56. The van der Waals surface area contributed by atoms with Crippen molar-refractivity contribution in [3.63, 3.8) is 0 Å². The molecule has 41 heavy (non-hydrogen) atoms. The summed E-state index contributed by atoms with van der Waals surface area (Å²) in [4.78, 5) is 8.55. The largest absolute Gasteiger partial charge is 0.258 e. The number of aryl methyl sites for hydroxylation is 2.